The number of allylic oxidation sites excluding steroid dienone is 8. The molecule has 1 N–H and O–H groups in total. The second kappa shape index (κ2) is 9.07. The molecule has 1 fully saturated rings. The number of aliphatic carboxylic acids is 1. The van der Waals surface area contributed by atoms with Gasteiger partial charge < -0.3 is 9.84 Å². The van der Waals surface area contributed by atoms with Gasteiger partial charge in [0.2, 0.25) is 0 Å². The normalized spacial score (nSPS) is 25.8. The summed E-state index contributed by atoms with van der Waals surface area (Å²) in [5.41, 5.74) is 12.8. The molecule has 3 aliphatic rings. The Bertz CT molecular complexity index is 728. The fourth-order valence-electron chi connectivity index (χ4n) is 4.61. The van der Waals surface area contributed by atoms with Crippen molar-refractivity contribution in [3.63, 3.8) is 0 Å². The van der Waals surface area contributed by atoms with Crippen LogP contribution in [0, 0.1) is 36.3 Å². The second-order valence-electron chi connectivity index (χ2n) is 9.01. The molecule has 0 radical (unpaired) electrons. The van der Waals surface area contributed by atoms with E-state index in [1.165, 1.54) is 0 Å². The van der Waals surface area contributed by atoms with Crippen LogP contribution in [0.1, 0.15) is 82.1 Å². The first-order chi connectivity index (χ1) is 13.3. The van der Waals surface area contributed by atoms with Gasteiger partial charge in [0.1, 0.15) is 0 Å². The molecule has 2 aliphatic carbocycles. The number of rotatable bonds is 3. The molecule has 0 aromatic heterocycles. The Balaban J connectivity index is 0.000000313. The third-order valence-electron chi connectivity index (χ3n) is 7.85. The number of hydrogen-bond donors (Lipinski definition) is 1. The predicted molar refractivity (Wildman–Crippen MR) is 117 cm³/mol. The van der Waals surface area contributed by atoms with Crippen molar-refractivity contribution in [2.24, 2.45) is 0 Å². The van der Waals surface area contributed by atoms with Crippen molar-refractivity contribution in [2.45, 2.75) is 90.4 Å². The van der Waals surface area contributed by atoms with E-state index < -0.39 is 48.4 Å². The summed E-state index contributed by atoms with van der Waals surface area (Å²) in [5.74, 6) is -0.831. The first kappa shape index (κ1) is 25.0. The van der Waals surface area contributed by atoms with Crippen LogP contribution in [0.25, 0.3) is 0 Å². The molecule has 0 spiro atoms. The quantitative estimate of drug-likeness (QED) is 0.420. The van der Waals surface area contributed by atoms with Crippen LogP contribution >= 0.6 is 0 Å². The van der Waals surface area contributed by atoms with E-state index in [2.05, 4.69) is 69.2 Å². The summed E-state index contributed by atoms with van der Waals surface area (Å²) in [6.07, 6.45) is 1.04. The Morgan fingerprint density at radius 1 is 0.828 bits per heavy atom. The molecule has 1 aliphatic heterocycles. The van der Waals surface area contributed by atoms with Crippen molar-refractivity contribution in [2.75, 3.05) is 6.61 Å². The molecule has 29 heavy (non-hydrogen) atoms. The molecule has 0 aromatic rings. The summed E-state index contributed by atoms with van der Waals surface area (Å²) in [4.78, 5) is 10.1. The second-order valence-corrected chi connectivity index (χ2v) is 14.9. The number of hydrogen-bond acceptors (Lipinski definition) is 2. The van der Waals surface area contributed by atoms with Crippen molar-refractivity contribution in [3.8, 4) is 0 Å². The molecule has 0 saturated carbocycles. The van der Waals surface area contributed by atoms with Gasteiger partial charge in [-0.05, 0) is 12.8 Å². The van der Waals surface area contributed by atoms with Gasteiger partial charge in [0.15, 0.2) is 6.10 Å². The molecular formula is C25H38O3Sm. The van der Waals surface area contributed by atoms with Gasteiger partial charge in [-0.3, -0.25) is 0 Å². The summed E-state index contributed by atoms with van der Waals surface area (Å²) >= 11 is -0.691. The number of ether oxygens (including phenoxy) is 1. The van der Waals surface area contributed by atoms with Crippen LogP contribution in [0.3, 0.4) is 0 Å². The van der Waals surface area contributed by atoms with E-state index >= 15 is 0 Å². The maximum absolute atomic E-state index is 10.1. The molecule has 0 amide bonds. The standard InChI is InChI=1S/2C10H15.C5H8O3.Sm/c2*1-6-7(2)9(4)10(5)8(6)3;6-5(7)4-2-1-3-8-4;/h2*1-5H3;4H,1-3H2,(H,6,7);. The monoisotopic (exact) mass is 538 g/mol. The van der Waals surface area contributed by atoms with Gasteiger partial charge in [0.25, 0.3) is 0 Å². The summed E-state index contributed by atoms with van der Waals surface area (Å²) < 4.78 is 5.56. The molecule has 0 bridgehead atoms. The van der Waals surface area contributed by atoms with Crippen molar-refractivity contribution >= 4 is 5.97 Å². The van der Waals surface area contributed by atoms with Crippen molar-refractivity contribution < 1.29 is 50.9 Å². The zero-order chi connectivity index (χ0) is 22.3. The SMILES string of the molecule is CC1=C(C)[C](C)([Sm][C]2(C)C(C)=C(C)C(C)=C2C)C(C)=C1C.O=C(O)C1CCCO1. The minimum absolute atomic E-state index is 0.371. The maximum atomic E-state index is 10.1. The summed E-state index contributed by atoms with van der Waals surface area (Å²) in [7, 11) is 0. The Hall–Kier alpha value is -0.272. The van der Waals surface area contributed by atoms with Crippen LogP contribution in [0.15, 0.2) is 44.6 Å². The van der Waals surface area contributed by atoms with Crippen molar-refractivity contribution in [1.82, 2.24) is 0 Å². The third kappa shape index (κ3) is 4.38. The van der Waals surface area contributed by atoms with Crippen molar-refractivity contribution in [3.05, 3.63) is 44.6 Å². The number of carbonyl (C=O) groups is 1. The molecule has 1 atom stereocenters. The van der Waals surface area contributed by atoms with Gasteiger partial charge in [0.05, 0.1) is 0 Å². The van der Waals surface area contributed by atoms with Crippen LogP contribution in [0.5, 0.6) is 0 Å². The van der Waals surface area contributed by atoms with Gasteiger partial charge >= 0.3 is 158 Å². The molecule has 0 aromatic carbocycles. The van der Waals surface area contributed by atoms with Gasteiger partial charge in [0, 0.05) is 6.61 Å². The topological polar surface area (TPSA) is 46.5 Å². The molecule has 4 heteroatoms. The van der Waals surface area contributed by atoms with Gasteiger partial charge in [-0.2, -0.15) is 0 Å². The van der Waals surface area contributed by atoms with E-state index in [4.69, 9.17) is 9.84 Å². The number of carboxylic acid groups (broad SMARTS) is 1. The van der Waals surface area contributed by atoms with Crippen LogP contribution in [0.4, 0.5) is 0 Å². The van der Waals surface area contributed by atoms with Crippen molar-refractivity contribution in [1.29, 1.82) is 0 Å². The molecule has 1 unspecified atom stereocenters. The van der Waals surface area contributed by atoms with Crippen LogP contribution in [-0.4, -0.2) is 23.8 Å². The average molecular weight is 537 g/mol. The Kier molecular flexibility index (Phi) is 7.82. The zero-order valence-electron chi connectivity index (χ0n) is 19.9. The average Bonchev–Trinajstić information content (AvgIpc) is 3.31. The third-order valence-corrected chi connectivity index (χ3v) is 14.4. The summed E-state index contributed by atoms with van der Waals surface area (Å²) in [5, 5.41) is 8.29. The van der Waals surface area contributed by atoms with E-state index in [-0.39, 0.29) is 0 Å². The number of carboxylic acids is 1. The van der Waals surface area contributed by atoms with Gasteiger partial charge in [-0.25, -0.2) is 4.79 Å². The van der Waals surface area contributed by atoms with Crippen LogP contribution in [-0.2, 0) is 9.53 Å². The first-order valence-electron chi connectivity index (χ1n) is 10.6. The molecular weight excluding hydrogens is 499 g/mol. The summed E-state index contributed by atoms with van der Waals surface area (Å²) in [6.45, 7) is 24.4. The molecule has 3 rings (SSSR count). The maximum Gasteiger partial charge on any atom is 0.332 e. The van der Waals surface area contributed by atoms with E-state index in [9.17, 15) is 4.79 Å². The van der Waals surface area contributed by atoms with E-state index in [0.717, 1.165) is 6.42 Å². The smallest absolute Gasteiger partial charge is 0.332 e. The van der Waals surface area contributed by atoms with E-state index in [1.807, 2.05) is 0 Å². The Morgan fingerprint density at radius 2 is 1.17 bits per heavy atom. The molecule has 162 valence electrons. The predicted octanol–water partition coefficient (Wildman–Crippen LogP) is 7.05. The zero-order valence-corrected chi connectivity index (χ0v) is 22.5. The van der Waals surface area contributed by atoms with E-state index in [1.54, 1.807) is 44.6 Å². The Labute approximate surface area is 197 Å². The van der Waals surface area contributed by atoms with Crippen LogP contribution < -0.4 is 0 Å². The minimum atomic E-state index is -0.831. The first-order valence-corrected chi connectivity index (χ1v) is 13.2. The molecule has 3 nitrogen and oxygen atoms in total. The largest absolute Gasteiger partial charge is 0.479 e. The fourth-order valence-corrected chi connectivity index (χ4v) is 11.2. The molecule has 1 saturated heterocycles. The minimum Gasteiger partial charge on any atom is -0.479 e. The Morgan fingerprint density at radius 3 is 1.38 bits per heavy atom. The van der Waals surface area contributed by atoms with E-state index in [0.29, 0.717) is 15.3 Å². The van der Waals surface area contributed by atoms with Crippen LogP contribution in [0.2, 0.25) is 2.26 Å². The van der Waals surface area contributed by atoms with Gasteiger partial charge in [-0.15, -0.1) is 0 Å². The molecule has 1 heterocycles. The van der Waals surface area contributed by atoms with Gasteiger partial charge in [-0.1, -0.05) is 0 Å². The summed E-state index contributed by atoms with van der Waals surface area (Å²) in [6, 6.07) is 0. The fraction of sp³-hybridized carbons (Fsp3) is 0.640.